The lowest BCUT2D eigenvalue weighted by Gasteiger charge is -2.25. The Morgan fingerprint density at radius 1 is 1.20 bits per heavy atom. The number of aliphatic hydroxyl groups is 1. The second-order valence-corrected chi connectivity index (χ2v) is 8.66. The molecule has 0 saturated heterocycles. The number of ether oxygens (including phenoxy) is 1. The first kappa shape index (κ1) is 26.1. The largest absolute Gasteiger partial charge is 0.491 e. The van der Waals surface area contributed by atoms with Crippen molar-refractivity contribution in [1.29, 1.82) is 0 Å². The summed E-state index contributed by atoms with van der Waals surface area (Å²) in [6.45, 7) is 3.18. The Balaban J connectivity index is 1.78. The van der Waals surface area contributed by atoms with Gasteiger partial charge in [0, 0.05) is 17.1 Å². The molecular weight excluding hydrogens is 481 g/mol. The van der Waals surface area contributed by atoms with E-state index in [0.29, 0.717) is 10.6 Å². The normalized spacial score (nSPS) is 12.1. The highest BCUT2D eigenvalue weighted by atomic mass is 35.5. The second-order valence-electron chi connectivity index (χ2n) is 8.23. The average Bonchev–Trinajstić information content (AvgIpc) is 3.25. The molecule has 3 N–H and O–H groups in total. The number of hydrazine groups is 1. The van der Waals surface area contributed by atoms with E-state index in [1.807, 2.05) is 13.8 Å². The number of hydrogen-bond acceptors (Lipinski definition) is 8. The molecule has 0 aliphatic carbocycles. The van der Waals surface area contributed by atoms with Crippen LogP contribution in [-0.2, 0) is 16.1 Å². The molecule has 0 aliphatic heterocycles. The summed E-state index contributed by atoms with van der Waals surface area (Å²) in [5.41, 5.74) is 3.92. The Morgan fingerprint density at radius 2 is 1.94 bits per heavy atom. The highest BCUT2D eigenvalue weighted by Gasteiger charge is 2.24. The summed E-state index contributed by atoms with van der Waals surface area (Å²) in [4.78, 5) is 24.6. The molecule has 11 heteroatoms. The minimum Gasteiger partial charge on any atom is -0.491 e. The molecule has 2 aromatic carbocycles. The van der Waals surface area contributed by atoms with Crippen LogP contribution in [0.3, 0.4) is 0 Å². The van der Waals surface area contributed by atoms with E-state index >= 15 is 0 Å². The molecule has 0 fully saturated rings. The molecule has 1 atom stereocenters. The molecular formula is C24H25ClFN3O6. The summed E-state index contributed by atoms with van der Waals surface area (Å²) >= 11 is 6.02. The Morgan fingerprint density at radius 3 is 2.57 bits per heavy atom. The van der Waals surface area contributed by atoms with Gasteiger partial charge in [-0.25, -0.2) is 14.2 Å². The average molecular weight is 506 g/mol. The molecule has 9 nitrogen and oxygen atoms in total. The van der Waals surface area contributed by atoms with Crippen molar-refractivity contribution in [2.24, 2.45) is 5.92 Å². The van der Waals surface area contributed by atoms with Crippen molar-refractivity contribution in [3.8, 4) is 17.0 Å². The Bertz CT molecular complexity index is 1190. The third-order valence-electron chi connectivity index (χ3n) is 4.78. The second kappa shape index (κ2) is 11.8. The number of carbonyl (C=O) groups excluding carboxylic acids is 2. The summed E-state index contributed by atoms with van der Waals surface area (Å²) in [5.74, 6) is -3.03. The topological polar surface area (TPSA) is 125 Å². The molecule has 0 spiro atoms. The van der Waals surface area contributed by atoms with Crippen LogP contribution in [0, 0.1) is 11.7 Å². The maximum Gasteiger partial charge on any atom is 0.336 e. The lowest BCUT2D eigenvalue weighted by atomic mass is 10.0. The van der Waals surface area contributed by atoms with Gasteiger partial charge in [-0.2, -0.15) is 0 Å². The SMILES string of the molecule is CC(C)COC(=O)[C@H](O)CN(Cc1ccc(-c2cccc(Cl)c2)cc1F)NC(=O)c1cc(O)no1. The molecule has 0 aliphatic rings. The van der Waals surface area contributed by atoms with Gasteiger partial charge in [0.25, 0.3) is 5.88 Å². The molecule has 0 saturated carbocycles. The number of aliphatic hydroxyl groups excluding tert-OH is 1. The van der Waals surface area contributed by atoms with Crippen LogP contribution >= 0.6 is 11.6 Å². The Hall–Kier alpha value is -3.47. The summed E-state index contributed by atoms with van der Waals surface area (Å²) in [6.07, 6.45) is -1.62. The number of esters is 1. The number of nitrogens with zero attached hydrogens (tertiary/aromatic N) is 2. The van der Waals surface area contributed by atoms with Crippen LogP contribution in [0.1, 0.15) is 30.0 Å². The summed E-state index contributed by atoms with van der Waals surface area (Å²) in [7, 11) is 0. The zero-order valence-electron chi connectivity index (χ0n) is 19.1. The quantitative estimate of drug-likeness (QED) is 0.282. The van der Waals surface area contributed by atoms with E-state index in [2.05, 4.69) is 10.6 Å². The lowest BCUT2D eigenvalue weighted by molar-refractivity contribution is -0.156. The van der Waals surface area contributed by atoms with Crippen molar-refractivity contribution in [2.45, 2.75) is 26.5 Å². The fourth-order valence-electron chi connectivity index (χ4n) is 3.08. The van der Waals surface area contributed by atoms with Gasteiger partial charge in [-0.15, -0.1) is 0 Å². The number of aromatic hydroxyl groups is 1. The number of aromatic nitrogens is 1. The molecule has 186 valence electrons. The van der Waals surface area contributed by atoms with Crippen molar-refractivity contribution in [3.05, 3.63) is 70.7 Å². The number of halogens is 2. The van der Waals surface area contributed by atoms with Gasteiger partial charge in [-0.1, -0.05) is 49.7 Å². The molecule has 1 heterocycles. The molecule has 3 aromatic rings. The van der Waals surface area contributed by atoms with Gasteiger partial charge in [0.1, 0.15) is 5.82 Å². The Kier molecular flexibility index (Phi) is 8.80. The van der Waals surface area contributed by atoms with Crippen LogP contribution in [0.4, 0.5) is 4.39 Å². The standard InChI is InChI=1S/C24H25ClFN3O6/c1-14(2)13-34-24(33)20(30)12-29(27-23(32)21-10-22(31)28-35-21)11-17-7-6-16(9-19(17)26)15-4-3-5-18(25)8-15/h3-10,14,20,30H,11-13H2,1-2H3,(H,27,32)(H,28,31)/t20-/m1/s1. The van der Waals surface area contributed by atoms with Crippen LogP contribution in [0.25, 0.3) is 11.1 Å². The first-order valence-corrected chi connectivity index (χ1v) is 11.1. The summed E-state index contributed by atoms with van der Waals surface area (Å²) in [5, 5.41) is 24.5. The predicted molar refractivity (Wildman–Crippen MR) is 125 cm³/mol. The van der Waals surface area contributed by atoms with E-state index in [9.17, 15) is 24.2 Å². The van der Waals surface area contributed by atoms with Crippen molar-refractivity contribution < 1.29 is 33.5 Å². The maximum absolute atomic E-state index is 15.0. The third kappa shape index (κ3) is 7.51. The van der Waals surface area contributed by atoms with Crippen molar-refractivity contribution in [2.75, 3.05) is 13.2 Å². The van der Waals surface area contributed by atoms with Crippen LogP contribution in [-0.4, -0.2) is 51.5 Å². The Labute approximate surface area is 206 Å². The predicted octanol–water partition coefficient (Wildman–Crippen LogP) is 3.55. The van der Waals surface area contributed by atoms with Gasteiger partial charge >= 0.3 is 11.9 Å². The molecule has 1 aromatic heterocycles. The van der Waals surface area contributed by atoms with Gasteiger partial charge < -0.3 is 19.5 Å². The number of nitrogens with one attached hydrogen (secondary N) is 1. The molecule has 0 unspecified atom stereocenters. The molecule has 0 radical (unpaired) electrons. The van der Waals surface area contributed by atoms with Gasteiger partial charge in [-0.05, 0) is 40.4 Å². The van der Waals surface area contributed by atoms with E-state index in [1.165, 1.54) is 12.1 Å². The summed E-state index contributed by atoms with van der Waals surface area (Å²) < 4.78 is 24.7. The van der Waals surface area contributed by atoms with Gasteiger partial charge in [0.15, 0.2) is 6.10 Å². The zero-order valence-corrected chi connectivity index (χ0v) is 19.8. The minimum atomic E-state index is -1.62. The van der Waals surface area contributed by atoms with Crippen molar-refractivity contribution in [3.63, 3.8) is 0 Å². The molecule has 35 heavy (non-hydrogen) atoms. The highest BCUT2D eigenvalue weighted by molar-refractivity contribution is 6.30. The van der Waals surface area contributed by atoms with Crippen molar-refractivity contribution >= 4 is 23.5 Å². The smallest absolute Gasteiger partial charge is 0.336 e. The third-order valence-corrected chi connectivity index (χ3v) is 5.01. The van der Waals surface area contributed by atoms with E-state index in [-0.39, 0.29) is 30.4 Å². The number of hydrogen-bond donors (Lipinski definition) is 3. The van der Waals surface area contributed by atoms with Gasteiger partial charge in [-0.3, -0.25) is 10.2 Å². The molecule has 3 rings (SSSR count). The van der Waals surface area contributed by atoms with Crippen molar-refractivity contribution in [1.82, 2.24) is 15.6 Å². The number of amides is 1. The number of rotatable bonds is 10. The van der Waals surface area contributed by atoms with E-state index < -0.39 is 36.2 Å². The minimum absolute atomic E-state index is 0.0631. The first-order valence-electron chi connectivity index (χ1n) is 10.7. The fourth-order valence-corrected chi connectivity index (χ4v) is 3.27. The number of benzene rings is 2. The summed E-state index contributed by atoms with van der Waals surface area (Å²) in [6, 6.07) is 12.5. The lowest BCUT2D eigenvalue weighted by Crippen LogP contribution is -2.47. The van der Waals surface area contributed by atoms with Gasteiger partial charge in [0.2, 0.25) is 5.76 Å². The van der Waals surface area contributed by atoms with Crippen LogP contribution in [0.15, 0.2) is 53.1 Å². The molecule has 1 amide bonds. The van der Waals surface area contributed by atoms with E-state index in [0.717, 1.165) is 16.6 Å². The van der Waals surface area contributed by atoms with Gasteiger partial charge in [0.05, 0.1) is 19.2 Å². The fraction of sp³-hybridized carbons (Fsp3) is 0.292. The van der Waals surface area contributed by atoms with Crippen LogP contribution in [0.5, 0.6) is 5.88 Å². The number of carbonyl (C=O) groups is 2. The monoisotopic (exact) mass is 505 g/mol. The van der Waals surface area contributed by atoms with Crippen LogP contribution < -0.4 is 5.43 Å². The molecule has 0 bridgehead atoms. The zero-order chi connectivity index (χ0) is 25.5. The van der Waals surface area contributed by atoms with Crippen LogP contribution in [0.2, 0.25) is 5.02 Å². The van der Waals surface area contributed by atoms with E-state index in [1.54, 1.807) is 30.3 Å². The maximum atomic E-state index is 15.0. The van der Waals surface area contributed by atoms with E-state index in [4.69, 9.17) is 20.9 Å². The first-order chi connectivity index (χ1) is 16.6. The highest BCUT2D eigenvalue weighted by Crippen LogP contribution is 2.25.